The predicted molar refractivity (Wildman–Crippen MR) is 102 cm³/mol. The summed E-state index contributed by atoms with van der Waals surface area (Å²) in [4.78, 5) is 14.1. The van der Waals surface area contributed by atoms with E-state index in [0.717, 1.165) is 22.6 Å². The van der Waals surface area contributed by atoms with Crippen molar-refractivity contribution in [1.82, 2.24) is 4.57 Å². The van der Waals surface area contributed by atoms with E-state index in [1.807, 2.05) is 34.9 Å². The highest BCUT2D eigenvalue weighted by atomic mass is 16.5. The molecule has 1 N–H and O–H groups in total. The van der Waals surface area contributed by atoms with Crippen molar-refractivity contribution in [2.24, 2.45) is 0 Å². The van der Waals surface area contributed by atoms with Crippen molar-refractivity contribution in [2.45, 2.75) is 0 Å². The summed E-state index contributed by atoms with van der Waals surface area (Å²) in [6.45, 7) is 2.67. The Kier molecular flexibility index (Phi) is 4.46. The Labute approximate surface area is 151 Å². The Balaban J connectivity index is 1.82. The third-order valence-electron chi connectivity index (χ3n) is 4.58. The van der Waals surface area contributed by atoms with Gasteiger partial charge in [-0.15, -0.1) is 0 Å². The fourth-order valence-electron chi connectivity index (χ4n) is 3.22. The molecule has 26 heavy (non-hydrogen) atoms. The van der Waals surface area contributed by atoms with Crippen LogP contribution in [0.25, 0.3) is 16.8 Å². The van der Waals surface area contributed by atoms with Gasteiger partial charge in [-0.05, 0) is 23.3 Å². The third kappa shape index (κ3) is 3.21. The van der Waals surface area contributed by atoms with Crippen LogP contribution >= 0.6 is 0 Å². The molecule has 4 rings (SSSR count). The molecule has 2 aromatic carbocycles. The molecule has 1 saturated heterocycles. The highest BCUT2D eigenvalue weighted by Crippen LogP contribution is 2.26. The third-order valence-corrected chi connectivity index (χ3v) is 4.58. The molecule has 5 nitrogen and oxygen atoms in total. The van der Waals surface area contributed by atoms with Gasteiger partial charge in [-0.2, -0.15) is 0 Å². The molecular weight excluding hydrogens is 328 g/mol. The average molecular weight is 348 g/mol. The van der Waals surface area contributed by atoms with Gasteiger partial charge in [0.1, 0.15) is 5.82 Å². The number of benzene rings is 2. The molecule has 0 radical (unpaired) electrons. The van der Waals surface area contributed by atoms with Gasteiger partial charge in [0, 0.05) is 24.8 Å². The van der Waals surface area contributed by atoms with Gasteiger partial charge in [0.2, 0.25) is 5.43 Å². The molecule has 2 heterocycles. The van der Waals surface area contributed by atoms with E-state index in [4.69, 9.17) is 4.74 Å². The van der Waals surface area contributed by atoms with Crippen LogP contribution in [0.3, 0.4) is 0 Å². The minimum Gasteiger partial charge on any atom is -0.503 e. The lowest BCUT2D eigenvalue weighted by atomic mass is 10.1. The number of anilines is 1. The Hall–Kier alpha value is -3.05. The number of pyridine rings is 1. The lowest BCUT2D eigenvalue weighted by Gasteiger charge is -2.31. The molecule has 0 spiro atoms. The lowest BCUT2D eigenvalue weighted by molar-refractivity contribution is 0.122. The van der Waals surface area contributed by atoms with E-state index in [1.54, 1.807) is 0 Å². The van der Waals surface area contributed by atoms with Gasteiger partial charge in [-0.1, -0.05) is 42.5 Å². The molecule has 1 aliphatic rings. The van der Waals surface area contributed by atoms with Gasteiger partial charge >= 0.3 is 0 Å². The molecule has 5 heteroatoms. The minimum absolute atomic E-state index is 0.257. The van der Waals surface area contributed by atoms with Gasteiger partial charge in [0.05, 0.1) is 19.4 Å². The van der Waals surface area contributed by atoms with Crippen LogP contribution in [0.1, 0.15) is 0 Å². The van der Waals surface area contributed by atoms with Crippen molar-refractivity contribution < 1.29 is 9.84 Å². The summed E-state index contributed by atoms with van der Waals surface area (Å²) in [5.74, 6) is 0.508. The van der Waals surface area contributed by atoms with Crippen LogP contribution in [0.4, 0.5) is 5.82 Å². The van der Waals surface area contributed by atoms with E-state index in [-0.39, 0.29) is 11.2 Å². The van der Waals surface area contributed by atoms with Crippen LogP contribution in [0.2, 0.25) is 0 Å². The molecule has 1 fully saturated rings. The standard InChI is InChI=1S/C21H20N2O3/c24-19-14-21(22-9-11-26-12-10-22)23(15-20(19)25)18-8-4-7-17(13-18)16-5-2-1-3-6-16/h1-8,13-15,25H,9-12H2. The van der Waals surface area contributed by atoms with Gasteiger partial charge in [0.15, 0.2) is 5.75 Å². The largest absolute Gasteiger partial charge is 0.503 e. The highest BCUT2D eigenvalue weighted by molar-refractivity contribution is 5.66. The zero-order valence-corrected chi connectivity index (χ0v) is 14.3. The normalized spacial score (nSPS) is 14.4. The average Bonchev–Trinajstić information content (AvgIpc) is 2.71. The van der Waals surface area contributed by atoms with E-state index in [1.165, 1.54) is 12.3 Å². The SMILES string of the molecule is O=c1cc(N2CCOCC2)n(-c2cccc(-c3ccccc3)c2)cc1O. The first kappa shape index (κ1) is 16.4. The maximum atomic E-state index is 12.0. The number of rotatable bonds is 3. The summed E-state index contributed by atoms with van der Waals surface area (Å²) in [6, 6.07) is 19.7. The molecule has 0 aliphatic carbocycles. The van der Waals surface area contributed by atoms with Crippen LogP contribution in [-0.2, 0) is 4.74 Å². The Morgan fingerprint density at radius 2 is 1.62 bits per heavy atom. The fraction of sp³-hybridized carbons (Fsp3) is 0.190. The maximum Gasteiger partial charge on any atom is 0.225 e. The van der Waals surface area contributed by atoms with Crippen LogP contribution < -0.4 is 10.3 Å². The number of morpholine rings is 1. The molecule has 0 atom stereocenters. The number of aromatic nitrogens is 1. The number of hydrogen-bond acceptors (Lipinski definition) is 4. The van der Waals surface area contributed by atoms with E-state index < -0.39 is 0 Å². The van der Waals surface area contributed by atoms with Crippen molar-refractivity contribution in [3.05, 3.63) is 77.1 Å². The molecule has 0 bridgehead atoms. The number of hydrogen-bond donors (Lipinski definition) is 1. The van der Waals surface area contributed by atoms with Crippen LogP contribution in [-0.4, -0.2) is 36.0 Å². The summed E-state index contributed by atoms with van der Waals surface area (Å²) < 4.78 is 7.29. The van der Waals surface area contributed by atoms with Crippen molar-refractivity contribution in [1.29, 1.82) is 0 Å². The van der Waals surface area contributed by atoms with E-state index in [0.29, 0.717) is 26.3 Å². The van der Waals surface area contributed by atoms with Gasteiger partial charge in [0.25, 0.3) is 0 Å². The first-order chi connectivity index (χ1) is 12.7. The first-order valence-corrected chi connectivity index (χ1v) is 8.66. The summed E-state index contributed by atoms with van der Waals surface area (Å²) in [7, 11) is 0. The zero-order valence-electron chi connectivity index (χ0n) is 14.3. The second kappa shape index (κ2) is 7.06. The van der Waals surface area contributed by atoms with E-state index in [2.05, 4.69) is 29.2 Å². The Bertz CT molecular complexity index is 960. The number of nitrogens with zero attached hydrogens (tertiary/aromatic N) is 2. The molecule has 0 amide bonds. The van der Waals surface area contributed by atoms with Crippen molar-refractivity contribution in [3.63, 3.8) is 0 Å². The Morgan fingerprint density at radius 3 is 2.38 bits per heavy atom. The first-order valence-electron chi connectivity index (χ1n) is 8.66. The molecule has 1 aliphatic heterocycles. The van der Waals surface area contributed by atoms with E-state index in [9.17, 15) is 9.90 Å². The molecular formula is C21H20N2O3. The second-order valence-corrected chi connectivity index (χ2v) is 6.27. The van der Waals surface area contributed by atoms with Crippen LogP contribution in [0, 0.1) is 0 Å². The topological polar surface area (TPSA) is 54.7 Å². The zero-order chi connectivity index (χ0) is 17.9. The summed E-state index contributed by atoms with van der Waals surface area (Å²) in [5.41, 5.74) is 2.71. The van der Waals surface area contributed by atoms with E-state index >= 15 is 0 Å². The highest BCUT2D eigenvalue weighted by Gasteiger charge is 2.17. The molecule has 3 aromatic rings. The summed E-state index contributed by atoms with van der Waals surface area (Å²) >= 11 is 0. The molecule has 132 valence electrons. The number of aromatic hydroxyl groups is 1. The number of ether oxygens (including phenoxy) is 1. The smallest absolute Gasteiger partial charge is 0.225 e. The molecule has 0 saturated carbocycles. The van der Waals surface area contributed by atoms with Crippen molar-refractivity contribution in [2.75, 3.05) is 31.2 Å². The minimum atomic E-state index is -0.373. The van der Waals surface area contributed by atoms with Gasteiger partial charge < -0.3 is 14.7 Å². The fourth-order valence-corrected chi connectivity index (χ4v) is 3.22. The second-order valence-electron chi connectivity index (χ2n) is 6.27. The monoisotopic (exact) mass is 348 g/mol. The quantitative estimate of drug-likeness (QED) is 0.790. The lowest BCUT2D eigenvalue weighted by Crippen LogP contribution is -2.38. The van der Waals surface area contributed by atoms with Crippen LogP contribution in [0.15, 0.2) is 71.7 Å². The maximum absolute atomic E-state index is 12.0. The van der Waals surface area contributed by atoms with Crippen molar-refractivity contribution >= 4 is 5.82 Å². The van der Waals surface area contributed by atoms with Gasteiger partial charge in [-0.25, -0.2) is 0 Å². The predicted octanol–water partition coefficient (Wildman–Crippen LogP) is 3.05. The summed E-state index contributed by atoms with van der Waals surface area (Å²) in [6.07, 6.45) is 1.50. The Morgan fingerprint density at radius 1 is 0.885 bits per heavy atom. The summed E-state index contributed by atoms with van der Waals surface area (Å²) in [5, 5.41) is 9.99. The van der Waals surface area contributed by atoms with Crippen molar-refractivity contribution in [3.8, 4) is 22.6 Å². The van der Waals surface area contributed by atoms with Crippen LogP contribution in [0.5, 0.6) is 5.75 Å². The molecule has 0 unspecified atom stereocenters. The van der Waals surface area contributed by atoms with Gasteiger partial charge in [-0.3, -0.25) is 9.36 Å². The molecule has 1 aromatic heterocycles.